The molecule has 0 atom stereocenters. The standard InChI is InChI=1S/C12H8Cl3NOS/c1-6-2-3-9(8(13)4-6)16-12(17)7-5-10(14)18-11(7)15/h2-5H,1H3,(H,16,17). The molecule has 0 fully saturated rings. The monoisotopic (exact) mass is 319 g/mol. The van der Waals surface area contributed by atoms with Gasteiger partial charge in [-0.3, -0.25) is 4.79 Å². The quantitative estimate of drug-likeness (QED) is 0.802. The Balaban J connectivity index is 2.24. The second-order valence-corrected chi connectivity index (χ2v) is 6.37. The van der Waals surface area contributed by atoms with Gasteiger partial charge < -0.3 is 5.32 Å². The van der Waals surface area contributed by atoms with Gasteiger partial charge in [0.2, 0.25) is 0 Å². The molecule has 2 nitrogen and oxygen atoms in total. The summed E-state index contributed by atoms with van der Waals surface area (Å²) >= 11 is 18.9. The number of amides is 1. The minimum Gasteiger partial charge on any atom is -0.321 e. The fourth-order valence-electron chi connectivity index (χ4n) is 1.41. The number of thiophene rings is 1. The summed E-state index contributed by atoms with van der Waals surface area (Å²) in [5, 5.41) is 3.19. The second-order valence-electron chi connectivity index (χ2n) is 3.68. The Kier molecular flexibility index (Phi) is 4.17. The Morgan fingerprint density at radius 3 is 2.50 bits per heavy atom. The van der Waals surface area contributed by atoms with Gasteiger partial charge in [-0.1, -0.05) is 40.9 Å². The van der Waals surface area contributed by atoms with E-state index in [1.165, 1.54) is 6.07 Å². The van der Waals surface area contributed by atoms with Crippen LogP contribution in [-0.2, 0) is 0 Å². The van der Waals surface area contributed by atoms with Crippen LogP contribution in [0.15, 0.2) is 24.3 Å². The van der Waals surface area contributed by atoms with Gasteiger partial charge in [0.15, 0.2) is 0 Å². The first kappa shape index (κ1) is 13.7. The average Bonchev–Trinajstić information content (AvgIpc) is 2.62. The van der Waals surface area contributed by atoms with E-state index in [9.17, 15) is 4.79 Å². The number of hydrogen-bond acceptors (Lipinski definition) is 2. The van der Waals surface area contributed by atoms with Crippen LogP contribution in [0.25, 0.3) is 0 Å². The lowest BCUT2D eigenvalue weighted by Crippen LogP contribution is -2.11. The van der Waals surface area contributed by atoms with E-state index in [0.717, 1.165) is 16.9 Å². The first-order valence-electron chi connectivity index (χ1n) is 4.99. The molecular weight excluding hydrogens is 313 g/mol. The first-order valence-corrected chi connectivity index (χ1v) is 6.95. The van der Waals surface area contributed by atoms with Crippen LogP contribution in [-0.4, -0.2) is 5.91 Å². The molecule has 1 aromatic carbocycles. The number of anilines is 1. The van der Waals surface area contributed by atoms with Crippen LogP contribution >= 0.6 is 46.1 Å². The lowest BCUT2D eigenvalue weighted by atomic mass is 10.2. The van der Waals surface area contributed by atoms with Crippen molar-refractivity contribution in [3.05, 3.63) is 49.1 Å². The normalized spacial score (nSPS) is 10.4. The SMILES string of the molecule is Cc1ccc(NC(=O)c2cc(Cl)sc2Cl)c(Cl)c1. The Labute approximate surface area is 123 Å². The van der Waals surface area contributed by atoms with Gasteiger partial charge >= 0.3 is 0 Å². The summed E-state index contributed by atoms with van der Waals surface area (Å²) in [6.45, 7) is 1.92. The molecule has 1 amide bonds. The summed E-state index contributed by atoms with van der Waals surface area (Å²) in [6, 6.07) is 6.92. The maximum absolute atomic E-state index is 12.0. The zero-order chi connectivity index (χ0) is 13.3. The molecule has 0 saturated heterocycles. The van der Waals surface area contributed by atoms with Crippen molar-refractivity contribution in [2.45, 2.75) is 6.92 Å². The molecule has 1 heterocycles. The Bertz CT molecular complexity index is 609. The zero-order valence-corrected chi connectivity index (χ0v) is 12.3. The van der Waals surface area contributed by atoms with Crippen LogP contribution in [0, 0.1) is 6.92 Å². The van der Waals surface area contributed by atoms with Crippen LogP contribution in [0.5, 0.6) is 0 Å². The van der Waals surface area contributed by atoms with Crippen molar-refractivity contribution in [3.8, 4) is 0 Å². The molecule has 18 heavy (non-hydrogen) atoms. The summed E-state index contributed by atoms with van der Waals surface area (Å²) in [5.41, 5.74) is 1.92. The zero-order valence-electron chi connectivity index (χ0n) is 9.26. The highest BCUT2D eigenvalue weighted by Crippen LogP contribution is 2.32. The highest BCUT2D eigenvalue weighted by atomic mass is 35.5. The molecule has 2 rings (SSSR count). The van der Waals surface area contributed by atoms with E-state index in [1.54, 1.807) is 12.1 Å². The Hall–Kier alpha value is -0.740. The van der Waals surface area contributed by atoms with Gasteiger partial charge in [-0.2, -0.15) is 0 Å². The number of hydrogen-bond donors (Lipinski definition) is 1. The minimum atomic E-state index is -0.325. The lowest BCUT2D eigenvalue weighted by molar-refractivity contribution is 0.102. The van der Waals surface area contributed by atoms with E-state index in [4.69, 9.17) is 34.8 Å². The van der Waals surface area contributed by atoms with E-state index in [2.05, 4.69) is 5.32 Å². The molecule has 1 aromatic heterocycles. The fourth-order valence-corrected chi connectivity index (χ4v) is 3.15. The third-order valence-electron chi connectivity index (χ3n) is 2.27. The molecule has 94 valence electrons. The lowest BCUT2D eigenvalue weighted by Gasteiger charge is -2.07. The fraction of sp³-hybridized carbons (Fsp3) is 0.0833. The predicted molar refractivity (Wildman–Crippen MR) is 78.5 cm³/mol. The topological polar surface area (TPSA) is 29.1 Å². The van der Waals surface area contributed by atoms with Gasteiger partial charge in [-0.15, -0.1) is 11.3 Å². The van der Waals surface area contributed by atoms with Gasteiger partial charge in [0, 0.05) is 0 Å². The van der Waals surface area contributed by atoms with Crippen molar-refractivity contribution in [1.82, 2.24) is 0 Å². The van der Waals surface area contributed by atoms with Gasteiger partial charge in [-0.05, 0) is 30.7 Å². The van der Waals surface area contributed by atoms with Crippen molar-refractivity contribution in [1.29, 1.82) is 0 Å². The van der Waals surface area contributed by atoms with Crippen molar-refractivity contribution >= 4 is 57.7 Å². The Morgan fingerprint density at radius 2 is 1.94 bits per heavy atom. The van der Waals surface area contributed by atoms with Gasteiger partial charge in [0.05, 0.1) is 20.6 Å². The van der Waals surface area contributed by atoms with E-state index < -0.39 is 0 Å². The van der Waals surface area contributed by atoms with Crippen LogP contribution in [0.3, 0.4) is 0 Å². The molecule has 6 heteroatoms. The molecule has 0 saturated carbocycles. The molecule has 1 N–H and O–H groups in total. The predicted octanol–water partition coefficient (Wildman–Crippen LogP) is 5.27. The van der Waals surface area contributed by atoms with E-state index in [0.29, 0.717) is 24.9 Å². The molecule has 0 aliphatic carbocycles. The number of aryl methyl sites for hydroxylation is 1. The molecule has 0 bridgehead atoms. The largest absolute Gasteiger partial charge is 0.321 e. The molecule has 0 aliphatic rings. The number of rotatable bonds is 2. The molecule has 0 aliphatic heterocycles. The third-order valence-corrected chi connectivity index (χ3v) is 4.07. The van der Waals surface area contributed by atoms with Crippen molar-refractivity contribution in [3.63, 3.8) is 0 Å². The van der Waals surface area contributed by atoms with Crippen LogP contribution in [0.4, 0.5) is 5.69 Å². The first-order chi connectivity index (χ1) is 8.47. The number of carbonyl (C=O) groups excluding carboxylic acids is 1. The summed E-state index contributed by atoms with van der Waals surface area (Å²) in [6.07, 6.45) is 0. The summed E-state index contributed by atoms with van der Waals surface area (Å²) in [5.74, 6) is -0.325. The second kappa shape index (κ2) is 5.49. The summed E-state index contributed by atoms with van der Waals surface area (Å²) in [4.78, 5) is 12.0. The maximum atomic E-state index is 12.0. The summed E-state index contributed by atoms with van der Waals surface area (Å²) in [7, 11) is 0. The Morgan fingerprint density at radius 1 is 1.22 bits per heavy atom. The highest BCUT2D eigenvalue weighted by Gasteiger charge is 2.15. The van der Waals surface area contributed by atoms with Crippen LogP contribution < -0.4 is 5.32 Å². The van der Waals surface area contributed by atoms with Crippen molar-refractivity contribution < 1.29 is 4.79 Å². The molecule has 2 aromatic rings. The van der Waals surface area contributed by atoms with Crippen molar-refractivity contribution in [2.24, 2.45) is 0 Å². The van der Waals surface area contributed by atoms with Gasteiger partial charge in [-0.25, -0.2) is 0 Å². The third kappa shape index (κ3) is 2.98. The smallest absolute Gasteiger partial charge is 0.258 e. The average molecular weight is 321 g/mol. The number of halogens is 3. The molecular formula is C12H8Cl3NOS. The number of carbonyl (C=O) groups is 1. The number of benzene rings is 1. The van der Waals surface area contributed by atoms with Crippen LogP contribution in [0.2, 0.25) is 13.7 Å². The summed E-state index contributed by atoms with van der Waals surface area (Å²) < 4.78 is 0.834. The van der Waals surface area contributed by atoms with Gasteiger partial charge in [0.1, 0.15) is 4.34 Å². The van der Waals surface area contributed by atoms with Crippen molar-refractivity contribution in [2.75, 3.05) is 5.32 Å². The van der Waals surface area contributed by atoms with Gasteiger partial charge in [0.25, 0.3) is 5.91 Å². The maximum Gasteiger partial charge on any atom is 0.258 e. The highest BCUT2D eigenvalue weighted by molar-refractivity contribution is 7.20. The minimum absolute atomic E-state index is 0.325. The van der Waals surface area contributed by atoms with E-state index >= 15 is 0 Å². The van der Waals surface area contributed by atoms with Crippen LogP contribution in [0.1, 0.15) is 15.9 Å². The molecule has 0 unspecified atom stereocenters. The van der Waals surface area contributed by atoms with E-state index in [-0.39, 0.29) is 5.91 Å². The molecule has 0 radical (unpaired) electrons. The number of nitrogens with one attached hydrogen (secondary N) is 1. The molecule has 0 spiro atoms. The van der Waals surface area contributed by atoms with E-state index in [1.807, 2.05) is 13.0 Å².